The lowest BCUT2D eigenvalue weighted by atomic mass is 10.00. The first-order valence-electron chi connectivity index (χ1n) is 16.1. The van der Waals surface area contributed by atoms with Gasteiger partial charge in [0.15, 0.2) is 6.54 Å². The standard InChI is InChI=1S/C38H50N5O.BrH/c1-27(2)24-41(25-28(3)4)35(44)26-43(7,8)23-13-22-42-37-34-17-12-10-15-32(34)31-14-9-11-16-33(31)36(37)39-38(42)29-18-20-30(21-19-29)40(5)6;/h9-12,14-21,27-28H,13,22-26H2,1-8H3;1H/q+1;/p-1. The van der Waals surface area contributed by atoms with Crippen LogP contribution in [0.4, 0.5) is 5.69 Å². The third-order valence-electron chi connectivity index (χ3n) is 8.50. The molecule has 45 heavy (non-hydrogen) atoms. The Labute approximate surface area is 280 Å². The number of benzene rings is 4. The number of quaternary nitrogens is 1. The highest BCUT2D eigenvalue weighted by Crippen LogP contribution is 2.37. The number of nitrogens with zero attached hydrogens (tertiary/aromatic N) is 5. The monoisotopic (exact) mass is 671 g/mol. The zero-order valence-electron chi connectivity index (χ0n) is 28.3. The van der Waals surface area contributed by atoms with E-state index in [4.69, 9.17) is 4.98 Å². The van der Waals surface area contributed by atoms with Crippen LogP contribution in [0.2, 0.25) is 0 Å². The summed E-state index contributed by atoms with van der Waals surface area (Å²) in [6.45, 7) is 12.6. The Morgan fingerprint density at radius 3 is 1.89 bits per heavy atom. The van der Waals surface area contributed by atoms with Gasteiger partial charge in [-0.3, -0.25) is 4.79 Å². The van der Waals surface area contributed by atoms with Crippen molar-refractivity contribution >= 4 is 44.2 Å². The molecular formula is C38H50BrN5O. The van der Waals surface area contributed by atoms with E-state index in [2.05, 4.69) is 143 Å². The third-order valence-corrected chi connectivity index (χ3v) is 8.50. The number of hydrogen-bond donors (Lipinski definition) is 0. The maximum absolute atomic E-state index is 13.5. The van der Waals surface area contributed by atoms with E-state index in [-0.39, 0.29) is 22.9 Å². The minimum Gasteiger partial charge on any atom is -1.00 e. The van der Waals surface area contributed by atoms with Gasteiger partial charge in [-0.05, 0) is 46.9 Å². The van der Waals surface area contributed by atoms with Crippen LogP contribution in [-0.2, 0) is 11.3 Å². The number of anilines is 1. The summed E-state index contributed by atoms with van der Waals surface area (Å²) in [5.41, 5.74) is 4.52. The van der Waals surface area contributed by atoms with Crippen molar-refractivity contribution in [3.63, 3.8) is 0 Å². The molecule has 0 aliphatic rings. The Hall–Kier alpha value is -3.42. The summed E-state index contributed by atoms with van der Waals surface area (Å²) in [5, 5.41) is 4.90. The van der Waals surface area contributed by atoms with E-state index < -0.39 is 0 Å². The molecule has 0 spiro atoms. The summed E-state index contributed by atoms with van der Waals surface area (Å²) in [6.07, 6.45) is 0.935. The fourth-order valence-corrected chi connectivity index (χ4v) is 6.47. The van der Waals surface area contributed by atoms with Crippen molar-refractivity contribution < 1.29 is 26.3 Å². The summed E-state index contributed by atoms with van der Waals surface area (Å²) in [7, 11) is 8.52. The minimum atomic E-state index is 0. The number of amides is 1. The van der Waals surface area contributed by atoms with Crippen LogP contribution < -0.4 is 21.9 Å². The van der Waals surface area contributed by atoms with Crippen LogP contribution in [0, 0.1) is 11.8 Å². The lowest BCUT2D eigenvalue weighted by Gasteiger charge is -2.33. The summed E-state index contributed by atoms with van der Waals surface area (Å²) in [6, 6.07) is 26.1. The third kappa shape index (κ3) is 7.70. The van der Waals surface area contributed by atoms with E-state index in [1.54, 1.807) is 0 Å². The number of carbonyl (C=O) groups excluding carboxylic acids is 1. The van der Waals surface area contributed by atoms with Crippen LogP contribution in [0.25, 0.3) is 44.0 Å². The first-order chi connectivity index (χ1) is 20.9. The number of carbonyl (C=O) groups is 1. The molecular weight excluding hydrogens is 622 g/mol. The molecule has 0 N–H and O–H groups in total. The SMILES string of the molecule is CC(C)CN(CC(C)C)C(=O)C[N+](C)(C)CCCn1c(-c2ccc(N(C)C)cc2)nc2c3ccccc3c3ccccc3c21.[Br-]. The van der Waals surface area contributed by atoms with E-state index in [9.17, 15) is 4.79 Å². The molecule has 1 heterocycles. The predicted molar refractivity (Wildman–Crippen MR) is 187 cm³/mol. The van der Waals surface area contributed by atoms with Crippen LogP contribution >= 0.6 is 0 Å². The molecule has 4 aromatic carbocycles. The molecule has 1 amide bonds. The molecule has 1 aromatic heterocycles. The van der Waals surface area contributed by atoms with Crippen molar-refractivity contribution in [1.82, 2.24) is 14.5 Å². The summed E-state index contributed by atoms with van der Waals surface area (Å²) in [5.74, 6) is 2.16. The topological polar surface area (TPSA) is 41.4 Å². The van der Waals surface area contributed by atoms with Crippen LogP contribution in [-0.4, -0.2) is 79.2 Å². The summed E-state index contributed by atoms with van der Waals surface area (Å²) >= 11 is 0. The maximum Gasteiger partial charge on any atom is 0.277 e. The number of imidazole rings is 1. The quantitative estimate of drug-likeness (QED) is 0.143. The Morgan fingerprint density at radius 1 is 0.800 bits per heavy atom. The molecule has 0 radical (unpaired) electrons. The van der Waals surface area contributed by atoms with Gasteiger partial charge in [-0.15, -0.1) is 0 Å². The molecule has 5 rings (SSSR count). The molecule has 0 aliphatic heterocycles. The first-order valence-corrected chi connectivity index (χ1v) is 16.1. The van der Waals surface area contributed by atoms with Gasteiger partial charge in [-0.1, -0.05) is 76.2 Å². The number of hydrogen-bond acceptors (Lipinski definition) is 3. The largest absolute Gasteiger partial charge is 1.00 e. The predicted octanol–water partition coefficient (Wildman–Crippen LogP) is 4.69. The molecule has 0 unspecified atom stereocenters. The van der Waals surface area contributed by atoms with Crippen molar-refractivity contribution in [1.29, 1.82) is 0 Å². The van der Waals surface area contributed by atoms with E-state index in [0.717, 1.165) is 49.5 Å². The van der Waals surface area contributed by atoms with Crippen molar-refractivity contribution in [3.8, 4) is 11.4 Å². The first kappa shape index (κ1) is 34.5. The van der Waals surface area contributed by atoms with Crippen molar-refractivity contribution in [2.75, 3.05) is 59.3 Å². The van der Waals surface area contributed by atoms with Gasteiger partial charge in [0.1, 0.15) is 5.82 Å². The highest BCUT2D eigenvalue weighted by Gasteiger charge is 2.26. The molecule has 0 saturated heterocycles. The number of fused-ring (bicyclic) bond motifs is 6. The molecule has 0 saturated carbocycles. The van der Waals surface area contributed by atoms with E-state index in [1.165, 1.54) is 32.7 Å². The molecule has 0 aliphatic carbocycles. The average molecular weight is 673 g/mol. The van der Waals surface area contributed by atoms with Gasteiger partial charge in [0.05, 0.1) is 31.7 Å². The minimum absolute atomic E-state index is 0. The number of aromatic nitrogens is 2. The molecule has 5 aromatic rings. The van der Waals surface area contributed by atoms with Gasteiger partial charge >= 0.3 is 0 Å². The second kappa shape index (κ2) is 14.3. The van der Waals surface area contributed by atoms with E-state index >= 15 is 0 Å². The second-order valence-corrected chi connectivity index (χ2v) is 14.1. The highest BCUT2D eigenvalue weighted by molar-refractivity contribution is 6.23. The van der Waals surface area contributed by atoms with Gasteiger partial charge in [-0.25, -0.2) is 4.98 Å². The van der Waals surface area contributed by atoms with Crippen LogP contribution in [0.5, 0.6) is 0 Å². The average Bonchev–Trinajstić information content (AvgIpc) is 3.36. The van der Waals surface area contributed by atoms with Gasteiger partial charge in [-0.2, -0.15) is 0 Å². The van der Waals surface area contributed by atoms with E-state index in [1.807, 2.05) is 0 Å². The van der Waals surface area contributed by atoms with Crippen molar-refractivity contribution in [3.05, 3.63) is 72.8 Å². The van der Waals surface area contributed by atoms with Gasteiger partial charge in [0.2, 0.25) is 0 Å². The fourth-order valence-electron chi connectivity index (χ4n) is 6.47. The van der Waals surface area contributed by atoms with Crippen LogP contribution in [0.1, 0.15) is 34.1 Å². The zero-order chi connectivity index (χ0) is 31.6. The molecule has 0 fully saturated rings. The second-order valence-electron chi connectivity index (χ2n) is 14.1. The lowest BCUT2D eigenvalue weighted by Crippen LogP contribution is -3.00. The summed E-state index contributed by atoms with van der Waals surface area (Å²) < 4.78 is 3.09. The Bertz CT molecular complexity index is 1740. The number of halogens is 1. The fraction of sp³-hybridized carbons (Fsp3) is 0.421. The van der Waals surface area contributed by atoms with E-state index in [0.29, 0.717) is 22.9 Å². The molecule has 240 valence electrons. The molecule has 0 bridgehead atoms. The highest BCUT2D eigenvalue weighted by atomic mass is 79.9. The number of likely N-dealkylation sites (N-methyl/N-ethyl adjacent to an activating group) is 1. The van der Waals surface area contributed by atoms with Gasteiger partial charge < -0.3 is 35.8 Å². The van der Waals surface area contributed by atoms with Crippen LogP contribution in [0.3, 0.4) is 0 Å². The van der Waals surface area contributed by atoms with Gasteiger partial charge in [0.25, 0.3) is 5.91 Å². The van der Waals surface area contributed by atoms with Crippen molar-refractivity contribution in [2.45, 2.75) is 40.7 Å². The number of rotatable bonds is 12. The zero-order valence-corrected chi connectivity index (χ0v) is 29.9. The normalized spacial score (nSPS) is 12.0. The molecule has 6 nitrogen and oxygen atoms in total. The Balaban J connectivity index is 0.00000461. The number of aryl methyl sites for hydroxylation is 1. The van der Waals surface area contributed by atoms with Crippen LogP contribution in [0.15, 0.2) is 72.8 Å². The summed E-state index contributed by atoms with van der Waals surface area (Å²) in [4.78, 5) is 23.0. The maximum atomic E-state index is 13.5. The Morgan fingerprint density at radius 2 is 1.33 bits per heavy atom. The molecule has 0 atom stereocenters. The Kier molecular flexibility index (Phi) is 11.0. The van der Waals surface area contributed by atoms with Crippen molar-refractivity contribution in [2.24, 2.45) is 11.8 Å². The smallest absolute Gasteiger partial charge is 0.277 e. The van der Waals surface area contributed by atoms with Gasteiger partial charge in [0, 0.05) is 62.2 Å². The lowest BCUT2D eigenvalue weighted by molar-refractivity contribution is -0.883. The molecule has 7 heteroatoms.